The molecule has 3 N–H and O–H groups in total. The van der Waals surface area contributed by atoms with Crippen molar-refractivity contribution in [2.45, 2.75) is 496 Å². The highest BCUT2D eigenvalue weighted by Crippen LogP contribution is 2.45. The minimum Gasteiger partial charge on any atom is -0.462 e. The summed E-state index contributed by atoms with van der Waals surface area (Å²) in [6.07, 6.45) is 73.9. The van der Waals surface area contributed by atoms with Crippen LogP contribution in [0.3, 0.4) is 0 Å². The molecule has 0 aromatic rings. The molecule has 642 valence electrons. The van der Waals surface area contributed by atoms with E-state index in [9.17, 15) is 43.2 Å². The largest absolute Gasteiger partial charge is 0.472 e. The van der Waals surface area contributed by atoms with E-state index in [-0.39, 0.29) is 25.7 Å². The van der Waals surface area contributed by atoms with Crippen molar-refractivity contribution in [1.29, 1.82) is 0 Å². The molecule has 0 aliphatic heterocycles. The second-order valence-corrected chi connectivity index (χ2v) is 35.6. The van der Waals surface area contributed by atoms with Gasteiger partial charge in [0.1, 0.15) is 19.3 Å². The van der Waals surface area contributed by atoms with Gasteiger partial charge in [0.25, 0.3) is 0 Å². The molecule has 0 aliphatic carbocycles. The van der Waals surface area contributed by atoms with Gasteiger partial charge in [-0.15, -0.1) is 0 Å². The van der Waals surface area contributed by atoms with Crippen LogP contribution in [0, 0.1) is 11.8 Å². The van der Waals surface area contributed by atoms with Crippen LogP contribution in [-0.4, -0.2) is 96.7 Å². The highest BCUT2D eigenvalue weighted by atomic mass is 31.2. The lowest BCUT2D eigenvalue weighted by Gasteiger charge is -2.21. The summed E-state index contributed by atoms with van der Waals surface area (Å²) in [7, 11) is -9.93. The van der Waals surface area contributed by atoms with E-state index in [0.29, 0.717) is 31.6 Å². The quantitative estimate of drug-likeness (QED) is 0.0222. The van der Waals surface area contributed by atoms with Gasteiger partial charge in [0.15, 0.2) is 12.2 Å². The predicted molar refractivity (Wildman–Crippen MR) is 446 cm³/mol. The maximum Gasteiger partial charge on any atom is 0.472 e. The summed E-state index contributed by atoms with van der Waals surface area (Å²) >= 11 is 0. The molecule has 0 aliphatic rings. The molecule has 0 bridgehead atoms. The molecule has 0 aromatic heterocycles. The molecule has 0 saturated heterocycles. The van der Waals surface area contributed by atoms with Gasteiger partial charge in [-0.1, -0.05) is 427 Å². The fourth-order valence-corrected chi connectivity index (χ4v) is 15.5. The summed E-state index contributed by atoms with van der Waals surface area (Å²) in [5.41, 5.74) is 0. The van der Waals surface area contributed by atoms with Crippen molar-refractivity contribution in [3.05, 3.63) is 0 Å². The van der Waals surface area contributed by atoms with E-state index in [2.05, 4.69) is 41.5 Å². The number of rotatable bonds is 88. The number of carbonyl (C=O) groups excluding carboxylic acids is 4. The van der Waals surface area contributed by atoms with Gasteiger partial charge in [0.05, 0.1) is 26.4 Å². The first-order valence-electron chi connectivity index (χ1n) is 46.0. The highest BCUT2D eigenvalue weighted by molar-refractivity contribution is 7.47. The van der Waals surface area contributed by atoms with Crippen LogP contribution in [0.4, 0.5) is 0 Å². The highest BCUT2D eigenvalue weighted by Gasteiger charge is 2.31. The SMILES string of the molecule is CCCCCCCCCCCCCCCCCCCCCCC(=O)OC[C@H](COP(=O)(O)OC[C@@H](O)COP(=O)(O)OC[C@@H](COC(=O)CCCCCCCCC(C)C)OC(=O)CCCCCCCCCCCCCCCCCCC)OC(=O)CCCCCCCCCCCCCCCCCCCCC(C)CC. The Morgan fingerprint density at radius 3 is 0.704 bits per heavy atom. The topological polar surface area (TPSA) is 237 Å². The Kier molecular flexibility index (Phi) is 78.8. The van der Waals surface area contributed by atoms with Crippen molar-refractivity contribution >= 4 is 39.5 Å². The number of ether oxygens (including phenoxy) is 4. The van der Waals surface area contributed by atoms with Crippen LogP contribution in [0.2, 0.25) is 0 Å². The average Bonchev–Trinajstić information content (AvgIpc) is 0.906. The third-order valence-corrected chi connectivity index (χ3v) is 23.2. The third-order valence-electron chi connectivity index (χ3n) is 21.3. The fourth-order valence-electron chi connectivity index (χ4n) is 13.9. The fraction of sp³-hybridized carbons (Fsp3) is 0.955. The number of unbranched alkanes of at least 4 members (excludes halogenated alkanes) is 57. The van der Waals surface area contributed by atoms with Crippen molar-refractivity contribution in [2.75, 3.05) is 39.6 Å². The zero-order chi connectivity index (χ0) is 79.2. The molecule has 0 spiro atoms. The molecule has 0 fully saturated rings. The van der Waals surface area contributed by atoms with Crippen LogP contribution >= 0.6 is 15.6 Å². The van der Waals surface area contributed by atoms with Gasteiger partial charge >= 0.3 is 39.5 Å². The number of phosphoric acid groups is 2. The number of hydrogen-bond donors (Lipinski definition) is 3. The molecule has 0 saturated carbocycles. The summed E-state index contributed by atoms with van der Waals surface area (Å²) < 4.78 is 68.9. The summed E-state index contributed by atoms with van der Waals surface area (Å²) in [5, 5.41) is 10.7. The Labute approximate surface area is 664 Å². The summed E-state index contributed by atoms with van der Waals surface area (Å²) in [6, 6.07) is 0. The van der Waals surface area contributed by atoms with Gasteiger partial charge in [0, 0.05) is 25.7 Å². The van der Waals surface area contributed by atoms with Crippen molar-refractivity contribution in [1.82, 2.24) is 0 Å². The second-order valence-electron chi connectivity index (χ2n) is 32.7. The Balaban J connectivity index is 5.20. The van der Waals surface area contributed by atoms with Crippen LogP contribution in [-0.2, 0) is 65.4 Å². The maximum absolute atomic E-state index is 13.2. The molecule has 108 heavy (non-hydrogen) atoms. The Morgan fingerprint density at radius 1 is 0.269 bits per heavy atom. The molecule has 0 heterocycles. The van der Waals surface area contributed by atoms with Crippen LogP contribution in [0.25, 0.3) is 0 Å². The van der Waals surface area contributed by atoms with E-state index in [4.69, 9.17) is 37.0 Å². The van der Waals surface area contributed by atoms with Gasteiger partial charge in [-0.05, 0) is 37.5 Å². The molecular weight excluding hydrogens is 1400 g/mol. The average molecular weight is 1580 g/mol. The van der Waals surface area contributed by atoms with Crippen LogP contribution in [0.5, 0.6) is 0 Å². The summed E-state index contributed by atoms with van der Waals surface area (Å²) in [5.74, 6) is -0.551. The molecule has 6 atom stereocenters. The lowest BCUT2D eigenvalue weighted by Crippen LogP contribution is -2.30. The lowest BCUT2D eigenvalue weighted by atomic mass is 9.99. The lowest BCUT2D eigenvalue weighted by molar-refractivity contribution is -0.161. The molecule has 3 unspecified atom stereocenters. The number of aliphatic hydroxyl groups is 1. The number of carbonyl (C=O) groups is 4. The molecule has 0 aromatic carbocycles. The molecule has 19 heteroatoms. The minimum absolute atomic E-state index is 0.108. The Bertz CT molecular complexity index is 2070. The number of hydrogen-bond acceptors (Lipinski definition) is 15. The van der Waals surface area contributed by atoms with E-state index in [1.54, 1.807) is 0 Å². The third kappa shape index (κ3) is 80.7. The van der Waals surface area contributed by atoms with Gasteiger partial charge < -0.3 is 33.8 Å². The van der Waals surface area contributed by atoms with Gasteiger partial charge in [-0.3, -0.25) is 37.3 Å². The second kappa shape index (κ2) is 80.3. The molecule has 0 radical (unpaired) electrons. The normalized spacial score (nSPS) is 14.0. The van der Waals surface area contributed by atoms with Crippen molar-refractivity contribution < 1.29 is 80.2 Å². The zero-order valence-corrected chi connectivity index (χ0v) is 73.0. The summed E-state index contributed by atoms with van der Waals surface area (Å²) in [6.45, 7) is 9.67. The zero-order valence-electron chi connectivity index (χ0n) is 71.2. The van der Waals surface area contributed by atoms with E-state index in [1.807, 2.05) is 0 Å². The molecule has 17 nitrogen and oxygen atoms in total. The van der Waals surface area contributed by atoms with Gasteiger partial charge in [-0.25, -0.2) is 9.13 Å². The van der Waals surface area contributed by atoms with Crippen molar-refractivity contribution in [3.63, 3.8) is 0 Å². The minimum atomic E-state index is -4.97. The first-order valence-corrected chi connectivity index (χ1v) is 49.0. The van der Waals surface area contributed by atoms with E-state index in [1.165, 1.54) is 289 Å². The molecule has 0 rings (SSSR count). The predicted octanol–water partition coefficient (Wildman–Crippen LogP) is 27.4. The van der Waals surface area contributed by atoms with Crippen molar-refractivity contribution in [2.24, 2.45) is 11.8 Å². The van der Waals surface area contributed by atoms with E-state index < -0.39 is 97.5 Å². The first-order chi connectivity index (χ1) is 52.4. The van der Waals surface area contributed by atoms with Crippen molar-refractivity contribution in [3.8, 4) is 0 Å². The number of phosphoric ester groups is 2. The van der Waals surface area contributed by atoms with Crippen LogP contribution < -0.4 is 0 Å². The van der Waals surface area contributed by atoms with E-state index in [0.717, 1.165) is 102 Å². The van der Waals surface area contributed by atoms with Crippen LogP contribution in [0.1, 0.15) is 478 Å². The van der Waals surface area contributed by atoms with E-state index >= 15 is 0 Å². The molecule has 0 amide bonds. The Morgan fingerprint density at radius 2 is 0.472 bits per heavy atom. The standard InChI is InChI=1S/C89H174O17P2/c1-7-10-12-14-16-18-20-22-24-26-27-28-33-36-40-44-48-52-59-65-71-86(91)99-77-84(105-88(93)73-67-62-54-50-46-42-38-34-30-29-32-35-39-43-47-51-58-64-70-82(6)9-3)79-103-107(95,96)101-75-83(90)76-102-108(97,98)104-80-85(78-100-87(92)72-66-60-56-55-57-63-69-81(4)5)106-89(94)74-68-61-53-49-45-41-37-31-25-23-21-19-17-15-13-11-8-2/h81-85,90H,7-80H2,1-6H3,(H,95,96)(H,97,98)/t82?,83-,84-,85-/m1/s1. The van der Waals surface area contributed by atoms with Gasteiger partial charge in [0.2, 0.25) is 0 Å². The monoisotopic (exact) mass is 1580 g/mol. The summed E-state index contributed by atoms with van der Waals surface area (Å²) in [4.78, 5) is 73.3. The first kappa shape index (κ1) is 106. The van der Waals surface area contributed by atoms with Gasteiger partial charge in [-0.2, -0.15) is 0 Å². The smallest absolute Gasteiger partial charge is 0.462 e. The number of aliphatic hydroxyl groups excluding tert-OH is 1. The van der Waals surface area contributed by atoms with Crippen LogP contribution in [0.15, 0.2) is 0 Å². The molecular formula is C89H174O17P2. The Hall–Kier alpha value is -1.94. The maximum atomic E-state index is 13.2. The number of esters is 4.